The minimum atomic E-state index is -2.54. The molecule has 11 heteroatoms. The van der Waals surface area contributed by atoms with E-state index in [1.54, 1.807) is 33.5 Å². The van der Waals surface area contributed by atoms with Gasteiger partial charge in [-0.3, -0.25) is 4.79 Å². The van der Waals surface area contributed by atoms with Crippen molar-refractivity contribution in [3.05, 3.63) is 35.4 Å². The van der Waals surface area contributed by atoms with Gasteiger partial charge in [-0.25, -0.2) is 0 Å². The fraction of sp³-hybridized carbons (Fsp3) is 0.606. The summed E-state index contributed by atoms with van der Waals surface area (Å²) >= 11 is 0. The fourth-order valence-corrected chi connectivity index (χ4v) is 12.5. The first-order chi connectivity index (χ1) is 20.9. The van der Waals surface area contributed by atoms with Gasteiger partial charge in [0.05, 0.1) is 67.4 Å². The lowest BCUT2D eigenvalue weighted by Gasteiger charge is -2.46. The summed E-state index contributed by atoms with van der Waals surface area (Å²) in [4.78, 5) is 13.5. The number of hydrogen-bond acceptors (Lipinski definition) is 10. The lowest BCUT2D eigenvalue weighted by Crippen LogP contribution is -2.50. The second-order valence-electron chi connectivity index (χ2n) is 12.0. The number of carbonyl (C=O) groups is 1. The van der Waals surface area contributed by atoms with Gasteiger partial charge in [0, 0.05) is 5.92 Å². The molecule has 0 saturated carbocycles. The van der Waals surface area contributed by atoms with Crippen molar-refractivity contribution in [3.8, 4) is 34.5 Å². The van der Waals surface area contributed by atoms with E-state index >= 15 is 0 Å². The zero-order chi connectivity index (χ0) is 32.9. The Morgan fingerprint density at radius 1 is 0.682 bits per heavy atom. The molecule has 1 heterocycles. The smallest absolute Gasteiger partial charge is 0.312 e. The van der Waals surface area contributed by atoms with Crippen molar-refractivity contribution in [1.29, 1.82) is 0 Å². The molecule has 1 aliphatic rings. The van der Waals surface area contributed by atoms with Gasteiger partial charge in [0.1, 0.15) is 0 Å². The number of rotatable bonds is 15. The summed E-state index contributed by atoms with van der Waals surface area (Å²) in [6, 6.07) is 7.02. The van der Waals surface area contributed by atoms with Crippen LogP contribution in [-0.4, -0.2) is 68.7 Å². The van der Waals surface area contributed by atoms with E-state index in [1.165, 1.54) is 21.3 Å². The number of methoxy groups -OCH3 is 6. The third kappa shape index (κ3) is 6.45. The molecule has 0 aromatic heterocycles. The van der Waals surface area contributed by atoms with E-state index < -0.39 is 38.3 Å². The third-order valence-electron chi connectivity index (χ3n) is 8.96. The minimum absolute atomic E-state index is 0.0606. The Morgan fingerprint density at radius 2 is 1.07 bits per heavy atom. The van der Waals surface area contributed by atoms with Crippen LogP contribution in [0.3, 0.4) is 0 Å². The minimum Gasteiger partial charge on any atom is -0.493 e. The molecule has 1 saturated heterocycles. The summed E-state index contributed by atoms with van der Waals surface area (Å²) in [5.74, 6) is 0.480. The standard InChI is InChI=1S/C33H50O10Si/c1-18(2)44(19(3)4,20(5)6)43-30(22-15-26(38-9)32(41-12)27(16-22)39-10)23-17-42-33(35)28(23)29(34)21-13-24(36-7)31(40-11)25(14-21)37-8/h13-16,18-20,23,28-30,34H,17H2,1-12H3/t23-,28-,29?,30+/m1/s1. The van der Waals surface area contributed by atoms with E-state index in [1.807, 2.05) is 12.1 Å². The van der Waals surface area contributed by atoms with Gasteiger partial charge in [-0.2, -0.15) is 0 Å². The summed E-state index contributed by atoms with van der Waals surface area (Å²) in [5.41, 5.74) is 1.93. The number of benzene rings is 2. The summed E-state index contributed by atoms with van der Waals surface area (Å²) < 4.78 is 46.7. The Hall–Kier alpha value is -3.15. The first-order valence-electron chi connectivity index (χ1n) is 15.0. The molecule has 10 nitrogen and oxygen atoms in total. The van der Waals surface area contributed by atoms with Crippen LogP contribution in [0.1, 0.15) is 64.9 Å². The maximum absolute atomic E-state index is 13.5. The Kier molecular flexibility index (Phi) is 11.8. The van der Waals surface area contributed by atoms with Crippen molar-refractivity contribution in [2.45, 2.75) is 70.4 Å². The van der Waals surface area contributed by atoms with Crippen LogP contribution < -0.4 is 28.4 Å². The van der Waals surface area contributed by atoms with Crippen LogP contribution >= 0.6 is 0 Å². The highest BCUT2D eigenvalue weighted by molar-refractivity contribution is 6.77. The van der Waals surface area contributed by atoms with E-state index in [2.05, 4.69) is 41.5 Å². The van der Waals surface area contributed by atoms with Crippen LogP contribution in [0, 0.1) is 11.8 Å². The Balaban J connectivity index is 2.27. The lowest BCUT2D eigenvalue weighted by molar-refractivity contribution is -0.144. The number of esters is 1. The zero-order valence-electron chi connectivity index (χ0n) is 28.2. The molecule has 0 amide bonds. The van der Waals surface area contributed by atoms with Gasteiger partial charge < -0.3 is 42.7 Å². The number of ether oxygens (including phenoxy) is 7. The van der Waals surface area contributed by atoms with Gasteiger partial charge >= 0.3 is 5.97 Å². The molecule has 0 radical (unpaired) electrons. The molecule has 1 unspecified atom stereocenters. The van der Waals surface area contributed by atoms with E-state index in [0.717, 1.165) is 5.56 Å². The first-order valence-corrected chi connectivity index (χ1v) is 17.1. The third-order valence-corrected chi connectivity index (χ3v) is 15.0. The number of carbonyl (C=O) groups excluding carboxylic acids is 1. The highest BCUT2D eigenvalue weighted by Crippen LogP contribution is 2.52. The monoisotopic (exact) mass is 634 g/mol. The second kappa shape index (κ2) is 14.8. The Bertz CT molecular complexity index is 1210. The average molecular weight is 635 g/mol. The van der Waals surface area contributed by atoms with Crippen molar-refractivity contribution in [2.75, 3.05) is 49.3 Å². The SMILES string of the molecule is COc1cc(C(O)[C@@H]2C(=O)OC[C@H]2[C@@H](O[Si](C(C)C)(C(C)C)C(C)C)c2cc(OC)c(OC)c(OC)c2)cc(OC)c1OC. The summed E-state index contributed by atoms with van der Waals surface area (Å²) in [6.45, 7) is 13.3. The van der Waals surface area contributed by atoms with Crippen LogP contribution in [-0.2, 0) is 14.0 Å². The molecule has 2 aromatic carbocycles. The van der Waals surface area contributed by atoms with E-state index in [0.29, 0.717) is 40.1 Å². The van der Waals surface area contributed by atoms with Crippen molar-refractivity contribution in [3.63, 3.8) is 0 Å². The number of cyclic esters (lactones) is 1. The maximum Gasteiger partial charge on any atom is 0.312 e. The van der Waals surface area contributed by atoms with Crippen LogP contribution in [0.25, 0.3) is 0 Å². The largest absolute Gasteiger partial charge is 0.493 e. The fourth-order valence-electron chi connectivity index (χ4n) is 6.97. The molecular weight excluding hydrogens is 584 g/mol. The molecule has 4 atom stereocenters. The topological polar surface area (TPSA) is 111 Å². The number of aliphatic hydroxyl groups excluding tert-OH is 1. The van der Waals surface area contributed by atoms with Crippen LogP contribution in [0.5, 0.6) is 34.5 Å². The van der Waals surface area contributed by atoms with Gasteiger partial charge in [-0.15, -0.1) is 0 Å². The quantitative estimate of drug-likeness (QED) is 0.172. The maximum atomic E-state index is 13.5. The number of aliphatic hydroxyl groups is 1. The van der Waals surface area contributed by atoms with Gasteiger partial charge in [0.2, 0.25) is 19.8 Å². The van der Waals surface area contributed by atoms with E-state index in [-0.39, 0.29) is 23.2 Å². The highest BCUT2D eigenvalue weighted by atomic mass is 28.4. The molecule has 0 aliphatic carbocycles. The van der Waals surface area contributed by atoms with Gasteiger partial charge in [-0.05, 0) is 52.0 Å². The molecule has 0 spiro atoms. The molecule has 2 aromatic rings. The molecular formula is C33H50O10Si. The number of hydrogen-bond donors (Lipinski definition) is 1. The Labute approximate surface area is 263 Å². The summed E-state index contributed by atoms with van der Waals surface area (Å²) in [5, 5.41) is 11.9. The summed E-state index contributed by atoms with van der Waals surface area (Å²) in [7, 11) is 6.64. The normalized spacial score (nSPS) is 18.3. The molecule has 1 N–H and O–H groups in total. The van der Waals surface area contributed by atoms with E-state index in [9.17, 15) is 9.90 Å². The van der Waals surface area contributed by atoms with E-state index in [4.69, 9.17) is 37.6 Å². The first kappa shape index (κ1) is 35.3. The zero-order valence-corrected chi connectivity index (χ0v) is 29.2. The van der Waals surface area contributed by atoms with Gasteiger partial charge in [0.25, 0.3) is 0 Å². The van der Waals surface area contributed by atoms with Crippen LogP contribution in [0.4, 0.5) is 0 Å². The molecule has 3 rings (SSSR count). The average Bonchev–Trinajstić information content (AvgIpc) is 3.39. The van der Waals surface area contributed by atoms with Crippen molar-refractivity contribution < 1.29 is 47.5 Å². The summed E-state index contributed by atoms with van der Waals surface area (Å²) in [6.07, 6.45) is -1.90. The molecule has 44 heavy (non-hydrogen) atoms. The van der Waals surface area contributed by atoms with Crippen molar-refractivity contribution >= 4 is 14.3 Å². The predicted octanol–water partition coefficient (Wildman–Crippen LogP) is 6.49. The van der Waals surface area contributed by atoms with Crippen molar-refractivity contribution in [2.24, 2.45) is 11.8 Å². The van der Waals surface area contributed by atoms with Crippen molar-refractivity contribution in [1.82, 2.24) is 0 Å². The van der Waals surface area contributed by atoms with Gasteiger partial charge in [-0.1, -0.05) is 41.5 Å². The van der Waals surface area contributed by atoms with Crippen LogP contribution in [0.15, 0.2) is 24.3 Å². The van der Waals surface area contributed by atoms with Crippen LogP contribution in [0.2, 0.25) is 16.6 Å². The second-order valence-corrected chi connectivity index (χ2v) is 17.4. The van der Waals surface area contributed by atoms with Gasteiger partial charge in [0.15, 0.2) is 23.0 Å². The Morgan fingerprint density at radius 3 is 1.41 bits per heavy atom. The predicted molar refractivity (Wildman–Crippen MR) is 170 cm³/mol. The molecule has 1 aliphatic heterocycles. The highest BCUT2D eigenvalue weighted by Gasteiger charge is 2.53. The molecule has 246 valence electrons. The lowest BCUT2D eigenvalue weighted by atomic mass is 9.81. The molecule has 1 fully saturated rings. The molecule has 0 bridgehead atoms.